The summed E-state index contributed by atoms with van der Waals surface area (Å²) in [6.07, 6.45) is 0.368. The fraction of sp³-hybridized carbons (Fsp3) is 0.0625. The first-order chi connectivity index (χ1) is 10.6. The average Bonchev–Trinajstić information content (AvgIpc) is 2.49. The molecule has 0 aliphatic rings. The zero-order valence-electron chi connectivity index (χ0n) is 11.6. The molecule has 1 heterocycles. The number of nitrogen functional groups attached to an aromatic ring is 1. The third kappa shape index (κ3) is 3.15. The molecule has 3 aromatic rings. The summed E-state index contributed by atoms with van der Waals surface area (Å²) >= 11 is 5.99. The van der Waals surface area contributed by atoms with Gasteiger partial charge in [-0.05, 0) is 18.2 Å². The van der Waals surface area contributed by atoms with E-state index in [1.807, 2.05) is 24.3 Å². The molecule has 0 bridgehead atoms. The number of hydrogen-bond donors (Lipinski definition) is 2. The fourth-order valence-electron chi connectivity index (χ4n) is 2.10. The topological polar surface area (TPSA) is 84.9 Å². The maximum Gasteiger partial charge on any atom is 0.223 e. The average molecular weight is 313 g/mol. The summed E-state index contributed by atoms with van der Waals surface area (Å²) in [5.74, 6) is 1.28. The lowest BCUT2D eigenvalue weighted by molar-refractivity contribution is 0.469. The van der Waals surface area contributed by atoms with Crippen LogP contribution in [-0.4, -0.2) is 20.1 Å². The van der Waals surface area contributed by atoms with E-state index in [1.54, 1.807) is 24.3 Å². The molecule has 0 unspecified atom stereocenters. The Hall–Kier alpha value is -2.66. The number of nitrogens with two attached hydrogens (primary N) is 1. The second-order valence-corrected chi connectivity index (χ2v) is 5.19. The van der Waals surface area contributed by atoms with Crippen molar-refractivity contribution in [3.8, 4) is 17.1 Å². The fourth-order valence-corrected chi connectivity index (χ4v) is 2.29. The smallest absolute Gasteiger partial charge is 0.223 e. The molecule has 5 nitrogen and oxygen atoms in total. The number of halogens is 1. The van der Waals surface area contributed by atoms with E-state index in [0.717, 1.165) is 11.1 Å². The van der Waals surface area contributed by atoms with E-state index >= 15 is 0 Å². The highest BCUT2D eigenvalue weighted by atomic mass is 35.5. The van der Waals surface area contributed by atoms with Crippen LogP contribution < -0.4 is 5.73 Å². The van der Waals surface area contributed by atoms with Gasteiger partial charge in [0.05, 0.1) is 0 Å². The van der Waals surface area contributed by atoms with Gasteiger partial charge in [0.1, 0.15) is 11.6 Å². The van der Waals surface area contributed by atoms with Crippen molar-refractivity contribution in [1.82, 2.24) is 15.0 Å². The van der Waals surface area contributed by atoms with Gasteiger partial charge in [0.25, 0.3) is 0 Å². The molecular formula is C16H13ClN4O. The lowest BCUT2D eigenvalue weighted by atomic mass is 10.1. The molecule has 0 aliphatic carbocycles. The molecular weight excluding hydrogens is 300 g/mol. The van der Waals surface area contributed by atoms with Gasteiger partial charge < -0.3 is 10.8 Å². The monoisotopic (exact) mass is 312 g/mol. The van der Waals surface area contributed by atoms with Crippen molar-refractivity contribution < 1.29 is 5.11 Å². The summed E-state index contributed by atoms with van der Waals surface area (Å²) in [6.45, 7) is 0. The van der Waals surface area contributed by atoms with Crippen LogP contribution in [0.15, 0.2) is 48.5 Å². The Morgan fingerprint density at radius 3 is 2.59 bits per heavy atom. The third-order valence-corrected chi connectivity index (χ3v) is 3.36. The molecule has 2 aromatic carbocycles. The van der Waals surface area contributed by atoms with Crippen LogP contribution in [0.5, 0.6) is 5.75 Å². The summed E-state index contributed by atoms with van der Waals surface area (Å²) in [7, 11) is 0. The van der Waals surface area contributed by atoms with Crippen LogP contribution in [0.25, 0.3) is 11.4 Å². The molecule has 0 fully saturated rings. The van der Waals surface area contributed by atoms with E-state index in [-0.39, 0.29) is 11.7 Å². The predicted molar refractivity (Wildman–Crippen MR) is 85.6 cm³/mol. The number of para-hydroxylation sites is 1. The lowest BCUT2D eigenvalue weighted by Gasteiger charge is -2.07. The Morgan fingerprint density at radius 1 is 1.00 bits per heavy atom. The lowest BCUT2D eigenvalue weighted by Crippen LogP contribution is -2.05. The van der Waals surface area contributed by atoms with Gasteiger partial charge in [-0.3, -0.25) is 0 Å². The minimum absolute atomic E-state index is 0.135. The van der Waals surface area contributed by atoms with Gasteiger partial charge in [-0.25, -0.2) is 4.98 Å². The summed E-state index contributed by atoms with van der Waals surface area (Å²) < 4.78 is 0. The minimum atomic E-state index is 0.135. The van der Waals surface area contributed by atoms with Gasteiger partial charge in [0.2, 0.25) is 5.95 Å². The van der Waals surface area contributed by atoms with E-state index in [2.05, 4.69) is 15.0 Å². The van der Waals surface area contributed by atoms with Crippen molar-refractivity contribution in [3.63, 3.8) is 0 Å². The molecule has 3 rings (SSSR count). The number of rotatable bonds is 3. The molecule has 6 heteroatoms. The van der Waals surface area contributed by atoms with E-state index in [1.165, 1.54) is 0 Å². The molecule has 0 atom stereocenters. The van der Waals surface area contributed by atoms with Crippen molar-refractivity contribution in [3.05, 3.63) is 64.9 Å². The van der Waals surface area contributed by atoms with E-state index in [0.29, 0.717) is 23.1 Å². The van der Waals surface area contributed by atoms with Crippen molar-refractivity contribution in [2.75, 3.05) is 5.73 Å². The molecule has 0 radical (unpaired) electrons. The van der Waals surface area contributed by atoms with Gasteiger partial charge in [-0.2, -0.15) is 9.97 Å². The molecule has 0 spiro atoms. The first kappa shape index (κ1) is 14.3. The van der Waals surface area contributed by atoms with Gasteiger partial charge in [-0.1, -0.05) is 41.9 Å². The minimum Gasteiger partial charge on any atom is -0.508 e. The number of phenols is 1. The van der Waals surface area contributed by atoms with Crippen LogP contribution in [0.4, 0.5) is 5.95 Å². The Labute approximate surface area is 132 Å². The van der Waals surface area contributed by atoms with Crippen LogP contribution >= 0.6 is 11.6 Å². The summed E-state index contributed by atoms with van der Waals surface area (Å²) in [5.41, 5.74) is 7.26. The normalized spacial score (nSPS) is 10.6. The SMILES string of the molecule is Nc1nc(Cc2ccccc2O)nc(-c2cccc(Cl)c2)n1. The molecule has 22 heavy (non-hydrogen) atoms. The van der Waals surface area contributed by atoms with Crippen LogP contribution in [0.1, 0.15) is 11.4 Å². The molecule has 0 amide bonds. The van der Waals surface area contributed by atoms with Gasteiger partial charge in [0, 0.05) is 22.6 Å². The number of hydrogen-bond acceptors (Lipinski definition) is 5. The summed E-state index contributed by atoms with van der Waals surface area (Å²) in [6, 6.07) is 14.3. The van der Waals surface area contributed by atoms with E-state index < -0.39 is 0 Å². The summed E-state index contributed by atoms with van der Waals surface area (Å²) in [5, 5.41) is 10.4. The Bertz CT molecular complexity index is 823. The Balaban J connectivity index is 1.98. The predicted octanol–water partition coefficient (Wildman–Crippen LogP) is 3.07. The van der Waals surface area contributed by atoms with Gasteiger partial charge in [-0.15, -0.1) is 0 Å². The highest BCUT2D eigenvalue weighted by Gasteiger charge is 2.10. The molecule has 110 valence electrons. The van der Waals surface area contributed by atoms with Crippen molar-refractivity contribution >= 4 is 17.5 Å². The van der Waals surface area contributed by atoms with Gasteiger partial charge >= 0.3 is 0 Å². The number of anilines is 1. The zero-order valence-corrected chi connectivity index (χ0v) is 12.3. The summed E-state index contributed by atoms with van der Waals surface area (Å²) in [4.78, 5) is 12.7. The Kier molecular flexibility index (Phi) is 3.89. The molecule has 1 aromatic heterocycles. The molecule has 0 saturated heterocycles. The first-order valence-corrected chi connectivity index (χ1v) is 7.03. The first-order valence-electron chi connectivity index (χ1n) is 6.65. The Morgan fingerprint density at radius 2 is 1.82 bits per heavy atom. The number of phenolic OH excluding ortho intramolecular Hbond substituents is 1. The highest BCUT2D eigenvalue weighted by Crippen LogP contribution is 2.22. The molecule has 0 saturated carbocycles. The van der Waals surface area contributed by atoms with Crippen LogP contribution in [0.3, 0.4) is 0 Å². The second kappa shape index (κ2) is 5.99. The number of nitrogens with zero attached hydrogens (tertiary/aromatic N) is 3. The van der Waals surface area contributed by atoms with Crippen molar-refractivity contribution in [2.24, 2.45) is 0 Å². The third-order valence-electron chi connectivity index (χ3n) is 3.12. The van der Waals surface area contributed by atoms with Crippen molar-refractivity contribution in [2.45, 2.75) is 6.42 Å². The van der Waals surface area contributed by atoms with E-state index in [9.17, 15) is 5.11 Å². The van der Waals surface area contributed by atoms with Crippen LogP contribution in [0, 0.1) is 0 Å². The van der Waals surface area contributed by atoms with Crippen LogP contribution in [0.2, 0.25) is 5.02 Å². The largest absolute Gasteiger partial charge is 0.508 e. The number of benzene rings is 2. The standard InChI is InChI=1S/C16H13ClN4O/c17-12-6-3-5-11(8-12)15-19-14(20-16(18)21-15)9-10-4-1-2-7-13(10)22/h1-8,22H,9H2,(H2,18,19,20,21). The van der Waals surface area contributed by atoms with Gasteiger partial charge in [0.15, 0.2) is 5.82 Å². The maximum atomic E-state index is 9.84. The zero-order chi connectivity index (χ0) is 15.5. The molecule has 3 N–H and O–H groups in total. The quantitative estimate of drug-likeness (QED) is 0.776. The van der Waals surface area contributed by atoms with Crippen molar-refractivity contribution in [1.29, 1.82) is 0 Å². The number of aromatic nitrogens is 3. The highest BCUT2D eigenvalue weighted by molar-refractivity contribution is 6.30. The maximum absolute atomic E-state index is 9.84. The van der Waals surface area contributed by atoms with Crippen LogP contribution in [-0.2, 0) is 6.42 Å². The van der Waals surface area contributed by atoms with E-state index in [4.69, 9.17) is 17.3 Å². The second-order valence-electron chi connectivity index (χ2n) is 4.75. The molecule has 0 aliphatic heterocycles. The number of aromatic hydroxyl groups is 1.